The Bertz CT molecular complexity index is 311. The third kappa shape index (κ3) is 2.79. The lowest BCUT2D eigenvalue weighted by atomic mass is 9.93. The molecule has 84 valence electrons. The maximum atomic E-state index is 9.53. The lowest BCUT2D eigenvalue weighted by Crippen LogP contribution is -2.35. The van der Waals surface area contributed by atoms with Gasteiger partial charge in [0.2, 0.25) is 0 Å². The van der Waals surface area contributed by atoms with Crippen LogP contribution in [0.1, 0.15) is 31.4 Å². The van der Waals surface area contributed by atoms with Gasteiger partial charge in [0.1, 0.15) is 0 Å². The highest BCUT2D eigenvalue weighted by molar-refractivity contribution is 4.99. The zero-order valence-corrected chi connectivity index (χ0v) is 9.19. The highest BCUT2D eigenvalue weighted by atomic mass is 16.3. The quantitative estimate of drug-likeness (QED) is 0.774. The molecule has 0 aliphatic heterocycles. The maximum Gasteiger partial charge on any atom is 0.0555 e. The molecule has 1 heterocycles. The Kier molecular flexibility index (Phi) is 3.38. The second kappa shape index (κ2) is 4.77. The summed E-state index contributed by atoms with van der Waals surface area (Å²) in [6, 6.07) is 2.48. The molecule has 2 unspecified atom stereocenters. The van der Waals surface area contributed by atoms with E-state index < -0.39 is 0 Å². The van der Waals surface area contributed by atoms with E-state index in [1.54, 1.807) is 0 Å². The predicted octanol–water partition coefficient (Wildman–Crippen LogP) is 0.813. The van der Waals surface area contributed by atoms with Crippen molar-refractivity contribution in [1.29, 1.82) is 0 Å². The van der Waals surface area contributed by atoms with Crippen molar-refractivity contribution < 1.29 is 5.11 Å². The van der Waals surface area contributed by atoms with E-state index in [1.807, 2.05) is 24.0 Å². The standard InChI is InChI=1S/C11H19N3O/c1-14-10(5-6-13-14)8-12-9-3-2-4-11(15)7-9/h5-6,9,11-12,15H,2-4,7-8H2,1H3. The smallest absolute Gasteiger partial charge is 0.0555 e. The molecule has 1 aliphatic rings. The van der Waals surface area contributed by atoms with Crippen molar-refractivity contribution in [3.8, 4) is 0 Å². The zero-order chi connectivity index (χ0) is 10.7. The number of nitrogens with one attached hydrogen (secondary N) is 1. The Hall–Kier alpha value is -0.870. The van der Waals surface area contributed by atoms with E-state index in [2.05, 4.69) is 10.4 Å². The van der Waals surface area contributed by atoms with Gasteiger partial charge in [0.05, 0.1) is 11.8 Å². The molecule has 1 aliphatic carbocycles. The number of aryl methyl sites for hydroxylation is 1. The van der Waals surface area contributed by atoms with Gasteiger partial charge in [-0.2, -0.15) is 5.10 Å². The molecule has 1 aromatic rings. The normalized spacial score (nSPS) is 26.8. The van der Waals surface area contributed by atoms with Crippen LogP contribution in [-0.2, 0) is 13.6 Å². The van der Waals surface area contributed by atoms with Crippen LogP contribution >= 0.6 is 0 Å². The van der Waals surface area contributed by atoms with Crippen molar-refractivity contribution in [3.05, 3.63) is 18.0 Å². The Morgan fingerprint density at radius 3 is 3.13 bits per heavy atom. The summed E-state index contributed by atoms with van der Waals surface area (Å²) < 4.78 is 1.88. The number of aliphatic hydroxyl groups is 1. The van der Waals surface area contributed by atoms with Crippen molar-refractivity contribution in [2.45, 2.75) is 44.4 Å². The molecule has 1 fully saturated rings. The molecule has 1 saturated carbocycles. The van der Waals surface area contributed by atoms with E-state index in [9.17, 15) is 5.11 Å². The average Bonchev–Trinajstić information content (AvgIpc) is 2.61. The molecule has 4 nitrogen and oxygen atoms in total. The van der Waals surface area contributed by atoms with Crippen LogP contribution in [0, 0.1) is 0 Å². The minimum atomic E-state index is -0.109. The highest BCUT2D eigenvalue weighted by Gasteiger charge is 2.19. The summed E-state index contributed by atoms with van der Waals surface area (Å²) in [6.07, 6.45) is 5.86. The second-order valence-electron chi connectivity index (χ2n) is 4.34. The van der Waals surface area contributed by atoms with Crippen molar-refractivity contribution in [2.24, 2.45) is 7.05 Å². The van der Waals surface area contributed by atoms with Gasteiger partial charge in [-0.3, -0.25) is 4.68 Å². The lowest BCUT2D eigenvalue weighted by molar-refractivity contribution is 0.111. The van der Waals surface area contributed by atoms with Crippen LogP contribution in [0.2, 0.25) is 0 Å². The third-order valence-corrected chi connectivity index (χ3v) is 3.14. The number of rotatable bonds is 3. The molecule has 2 rings (SSSR count). The van der Waals surface area contributed by atoms with Crippen LogP contribution in [0.3, 0.4) is 0 Å². The van der Waals surface area contributed by atoms with Crippen molar-refractivity contribution in [1.82, 2.24) is 15.1 Å². The molecule has 15 heavy (non-hydrogen) atoms. The van der Waals surface area contributed by atoms with Gasteiger partial charge in [0.25, 0.3) is 0 Å². The molecule has 0 bridgehead atoms. The highest BCUT2D eigenvalue weighted by Crippen LogP contribution is 2.18. The summed E-state index contributed by atoms with van der Waals surface area (Å²) in [7, 11) is 1.95. The van der Waals surface area contributed by atoms with Crippen molar-refractivity contribution in [3.63, 3.8) is 0 Å². The van der Waals surface area contributed by atoms with E-state index in [0.717, 1.165) is 25.8 Å². The van der Waals surface area contributed by atoms with Crippen LogP contribution in [0.15, 0.2) is 12.3 Å². The Labute approximate surface area is 90.3 Å². The first-order valence-corrected chi connectivity index (χ1v) is 5.64. The topological polar surface area (TPSA) is 50.1 Å². The molecule has 1 aromatic heterocycles. The van der Waals surface area contributed by atoms with Crippen LogP contribution in [0.25, 0.3) is 0 Å². The molecule has 2 atom stereocenters. The number of aliphatic hydroxyl groups excluding tert-OH is 1. The number of aromatic nitrogens is 2. The van der Waals surface area contributed by atoms with Crippen molar-refractivity contribution >= 4 is 0 Å². The Morgan fingerprint density at radius 2 is 2.47 bits per heavy atom. The molecule has 2 N–H and O–H groups in total. The van der Waals surface area contributed by atoms with Gasteiger partial charge in [-0.15, -0.1) is 0 Å². The monoisotopic (exact) mass is 209 g/mol. The molecule has 0 saturated heterocycles. The summed E-state index contributed by atoms with van der Waals surface area (Å²) in [5.41, 5.74) is 1.19. The molecule has 0 radical (unpaired) electrons. The SMILES string of the molecule is Cn1nccc1CNC1CCCC(O)C1. The van der Waals surface area contributed by atoms with Crippen LogP contribution < -0.4 is 5.32 Å². The summed E-state index contributed by atoms with van der Waals surface area (Å²) in [5, 5.41) is 17.1. The molecule has 0 aromatic carbocycles. The summed E-state index contributed by atoms with van der Waals surface area (Å²) in [5.74, 6) is 0. The van der Waals surface area contributed by atoms with E-state index in [4.69, 9.17) is 0 Å². The molecule has 0 spiro atoms. The van der Waals surface area contributed by atoms with E-state index in [0.29, 0.717) is 6.04 Å². The largest absolute Gasteiger partial charge is 0.393 e. The van der Waals surface area contributed by atoms with Crippen molar-refractivity contribution in [2.75, 3.05) is 0 Å². The lowest BCUT2D eigenvalue weighted by Gasteiger charge is -2.26. The summed E-state index contributed by atoms with van der Waals surface area (Å²) in [6.45, 7) is 0.841. The van der Waals surface area contributed by atoms with Gasteiger partial charge in [-0.1, -0.05) is 0 Å². The molecule has 0 amide bonds. The second-order valence-corrected chi connectivity index (χ2v) is 4.34. The van der Waals surface area contributed by atoms with Gasteiger partial charge in [-0.25, -0.2) is 0 Å². The summed E-state index contributed by atoms with van der Waals surface area (Å²) in [4.78, 5) is 0. The maximum absolute atomic E-state index is 9.53. The van der Waals surface area contributed by atoms with E-state index in [-0.39, 0.29) is 6.10 Å². The van der Waals surface area contributed by atoms with Gasteiger partial charge in [-0.05, 0) is 31.7 Å². The minimum absolute atomic E-state index is 0.109. The molecular formula is C11H19N3O. The van der Waals surface area contributed by atoms with Gasteiger partial charge in [0.15, 0.2) is 0 Å². The third-order valence-electron chi connectivity index (χ3n) is 3.14. The number of hydrogen-bond acceptors (Lipinski definition) is 3. The van der Waals surface area contributed by atoms with Gasteiger partial charge in [0, 0.05) is 25.8 Å². The van der Waals surface area contributed by atoms with Crippen LogP contribution in [0.4, 0.5) is 0 Å². The Morgan fingerprint density at radius 1 is 1.60 bits per heavy atom. The molecule has 4 heteroatoms. The predicted molar refractivity (Wildman–Crippen MR) is 58.3 cm³/mol. The first-order chi connectivity index (χ1) is 7.25. The number of hydrogen-bond donors (Lipinski definition) is 2. The fourth-order valence-electron chi connectivity index (χ4n) is 2.17. The fourth-order valence-corrected chi connectivity index (χ4v) is 2.17. The van der Waals surface area contributed by atoms with Crippen LogP contribution in [-0.4, -0.2) is 27.0 Å². The van der Waals surface area contributed by atoms with Crippen LogP contribution in [0.5, 0.6) is 0 Å². The van der Waals surface area contributed by atoms with Gasteiger partial charge >= 0.3 is 0 Å². The zero-order valence-electron chi connectivity index (χ0n) is 9.19. The van der Waals surface area contributed by atoms with Gasteiger partial charge < -0.3 is 10.4 Å². The minimum Gasteiger partial charge on any atom is -0.393 e. The van der Waals surface area contributed by atoms with E-state index >= 15 is 0 Å². The number of nitrogens with zero attached hydrogens (tertiary/aromatic N) is 2. The summed E-state index contributed by atoms with van der Waals surface area (Å²) >= 11 is 0. The Balaban J connectivity index is 1.80. The molecular weight excluding hydrogens is 190 g/mol. The average molecular weight is 209 g/mol. The first kappa shape index (κ1) is 10.6. The van der Waals surface area contributed by atoms with E-state index in [1.165, 1.54) is 12.1 Å². The first-order valence-electron chi connectivity index (χ1n) is 5.64. The fraction of sp³-hybridized carbons (Fsp3) is 0.727.